The van der Waals surface area contributed by atoms with Gasteiger partial charge in [-0.25, -0.2) is 4.79 Å². The van der Waals surface area contributed by atoms with Crippen LogP contribution in [0.1, 0.15) is 24.2 Å². The highest BCUT2D eigenvalue weighted by Gasteiger charge is 2.54. The fourth-order valence-corrected chi connectivity index (χ4v) is 2.51. The van der Waals surface area contributed by atoms with Gasteiger partial charge < -0.3 is 24.1 Å². The van der Waals surface area contributed by atoms with Gasteiger partial charge in [-0.1, -0.05) is 18.2 Å². The number of hydrogen-bond acceptors (Lipinski definition) is 6. The standard InChI is InChI=1S/C15H18O6/c1-15(2)20-12-11(16)10(19-14(12)21-15)8-18-13(17)9-6-4-3-5-7-9/h3-7,10-12,14,16H,8H2,1-2H3/t10-,11-,12-,14-/m0/s1. The van der Waals surface area contributed by atoms with Crippen molar-refractivity contribution in [2.24, 2.45) is 0 Å². The predicted octanol–water partition coefficient (Wildman–Crippen LogP) is 1.08. The monoisotopic (exact) mass is 294 g/mol. The van der Waals surface area contributed by atoms with Crippen LogP contribution in [0.5, 0.6) is 0 Å². The molecule has 0 bridgehead atoms. The molecule has 0 aromatic heterocycles. The molecule has 114 valence electrons. The van der Waals surface area contributed by atoms with Gasteiger partial charge in [0.2, 0.25) is 0 Å². The lowest BCUT2D eigenvalue weighted by molar-refractivity contribution is -0.218. The molecule has 6 nitrogen and oxygen atoms in total. The Morgan fingerprint density at radius 2 is 2.00 bits per heavy atom. The van der Waals surface area contributed by atoms with Crippen molar-refractivity contribution in [1.29, 1.82) is 0 Å². The molecule has 1 aromatic carbocycles. The van der Waals surface area contributed by atoms with E-state index in [9.17, 15) is 9.90 Å². The van der Waals surface area contributed by atoms with Gasteiger partial charge in [0, 0.05) is 0 Å². The lowest BCUT2D eigenvalue weighted by Gasteiger charge is -2.22. The summed E-state index contributed by atoms with van der Waals surface area (Å²) >= 11 is 0. The molecule has 6 heteroatoms. The van der Waals surface area contributed by atoms with Crippen LogP contribution in [0.2, 0.25) is 0 Å². The fourth-order valence-electron chi connectivity index (χ4n) is 2.51. The van der Waals surface area contributed by atoms with Crippen molar-refractivity contribution in [3.63, 3.8) is 0 Å². The molecule has 21 heavy (non-hydrogen) atoms. The molecule has 0 amide bonds. The number of hydrogen-bond donors (Lipinski definition) is 1. The molecule has 0 aliphatic carbocycles. The Bertz CT molecular complexity index is 514. The maximum Gasteiger partial charge on any atom is 0.338 e. The number of rotatable bonds is 3. The summed E-state index contributed by atoms with van der Waals surface area (Å²) in [7, 11) is 0. The number of benzene rings is 1. The Labute approximate surface area is 122 Å². The Morgan fingerprint density at radius 1 is 1.29 bits per heavy atom. The Hall–Kier alpha value is -1.47. The highest BCUT2D eigenvalue weighted by Crippen LogP contribution is 2.37. The lowest BCUT2D eigenvalue weighted by atomic mass is 10.1. The third kappa shape index (κ3) is 2.94. The summed E-state index contributed by atoms with van der Waals surface area (Å²) in [5, 5.41) is 10.2. The molecule has 0 saturated carbocycles. The topological polar surface area (TPSA) is 74.2 Å². The van der Waals surface area contributed by atoms with Gasteiger partial charge in [-0.05, 0) is 26.0 Å². The van der Waals surface area contributed by atoms with Gasteiger partial charge in [-0.15, -0.1) is 0 Å². The highest BCUT2D eigenvalue weighted by molar-refractivity contribution is 5.89. The van der Waals surface area contributed by atoms with Gasteiger partial charge >= 0.3 is 5.97 Å². The summed E-state index contributed by atoms with van der Waals surface area (Å²) in [5.74, 6) is -1.23. The van der Waals surface area contributed by atoms with E-state index in [-0.39, 0.29) is 6.61 Å². The SMILES string of the molecule is CC1(C)O[C@@H]2O[C@@H](COC(=O)c3ccccc3)[C@H](O)[C@@H]2O1. The number of ether oxygens (including phenoxy) is 4. The van der Waals surface area contributed by atoms with Crippen molar-refractivity contribution in [2.45, 2.75) is 44.2 Å². The highest BCUT2D eigenvalue weighted by atomic mass is 16.8. The minimum absolute atomic E-state index is 0.0466. The summed E-state index contributed by atoms with van der Waals surface area (Å²) in [6, 6.07) is 8.66. The molecule has 2 aliphatic rings. The van der Waals surface area contributed by atoms with Crippen LogP contribution < -0.4 is 0 Å². The van der Waals surface area contributed by atoms with Crippen LogP contribution in [0.25, 0.3) is 0 Å². The van der Waals surface area contributed by atoms with E-state index in [1.165, 1.54) is 0 Å². The number of aliphatic hydroxyl groups excluding tert-OH is 1. The van der Waals surface area contributed by atoms with E-state index in [0.29, 0.717) is 5.56 Å². The van der Waals surface area contributed by atoms with Crippen molar-refractivity contribution in [1.82, 2.24) is 0 Å². The molecule has 0 radical (unpaired) electrons. The number of esters is 1. The summed E-state index contributed by atoms with van der Waals surface area (Å²) < 4.78 is 21.8. The average molecular weight is 294 g/mol. The van der Waals surface area contributed by atoms with Gasteiger partial charge in [0.05, 0.1) is 5.56 Å². The molecule has 2 fully saturated rings. The van der Waals surface area contributed by atoms with E-state index in [2.05, 4.69) is 0 Å². The van der Waals surface area contributed by atoms with E-state index >= 15 is 0 Å². The smallest absolute Gasteiger partial charge is 0.338 e. The molecule has 1 aromatic rings. The van der Waals surface area contributed by atoms with E-state index in [4.69, 9.17) is 18.9 Å². The zero-order valence-corrected chi connectivity index (χ0v) is 11.9. The third-order valence-electron chi connectivity index (χ3n) is 3.50. The van der Waals surface area contributed by atoms with Crippen molar-refractivity contribution in [3.8, 4) is 0 Å². The Kier molecular flexibility index (Phi) is 3.71. The van der Waals surface area contributed by atoms with Crippen LogP contribution in [0.3, 0.4) is 0 Å². The van der Waals surface area contributed by atoms with Crippen molar-refractivity contribution in [2.75, 3.05) is 6.61 Å². The first-order valence-electron chi connectivity index (χ1n) is 6.88. The normalized spacial score (nSPS) is 33.7. The number of aliphatic hydroxyl groups is 1. The molecular weight excluding hydrogens is 276 g/mol. The van der Waals surface area contributed by atoms with Gasteiger partial charge in [0.25, 0.3) is 0 Å². The molecule has 0 unspecified atom stereocenters. The first kappa shape index (κ1) is 14.5. The van der Waals surface area contributed by atoms with Crippen LogP contribution in [-0.4, -0.2) is 48.1 Å². The maximum atomic E-state index is 11.8. The van der Waals surface area contributed by atoms with Crippen molar-refractivity contribution >= 4 is 5.97 Å². The fraction of sp³-hybridized carbons (Fsp3) is 0.533. The van der Waals surface area contributed by atoms with Crippen LogP contribution in [0.15, 0.2) is 30.3 Å². The van der Waals surface area contributed by atoms with Gasteiger partial charge in [-0.2, -0.15) is 0 Å². The minimum atomic E-state index is -0.889. The first-order valence-corrected chi connectivity index (χ1v) is 6.88. The summed E-state index contributed by atoms with van der Waals surface area (Å²) in [6.07, 6.45) is -2.72. The summed E-state index contributed by atoms with van der Waals surface area (Å²) in [6.45, 7) is 3.46. The van der Waals surface area contributed by atoms with Gasteiger partial charge in [0.1, 0.15) is 24.9 Å². The van der Waals surface area contributed by atoms with Crippen LogP contribution in [-0.2, 0) is 18.9 Å². The van der Waals surface area contributed by atoms with Crippen LogP contribution >= 0.6 is 0 Å². The van der Waals surface area contributed by atoms with Crippen LogP contribution in [0, 0.1) is 0 Å². The zero-order chi connectivity index (χ0) is 15.0. The van der Waals surface area contributed by atoms with E-state index < -0.39 is 36.4 Å². The second-order valence-electron chi connectivity index (χ2n) is 5.60. The molecule has 4 atom stereocenters. The number of fused-ring (bicyclic) bond motifs is 1. The van der Waals surface area contributed by atoms with E-state index in [1.54, 1.807) is 38.1 Å². The predicted molar refractivity (Wildman–Crippen MR) is 71.4 cm³/mol. The van der Waals surface area contributed by atoms with E-state index in [1.807, 2.05) is 6.07 Å². The summed E-state index contributed by atoms with van der Waals surface area (Å²) in [4.78, 5) is 11.8. The average Bonchev–Trinajstić information content (AvgIpc) is 2.91. The maximum absolute atomic E-state index is 11.8. The Morgan fingerprint density at radius 3 is 2.67 bits per heavy atom. The quantitative estimate of drug-likeness (QED) is 0.841. The first-order chi connectivity index (χ1) is 9.96. The number of carbonyl (C=O) groups is 1. The largest absolute Gasteiger partial charge is 0.459 e. The number of carbonyl (C=O) groups excluding carboxylic acids is 1. The molecular formula is C15H18O6. The summed E-state index contributed by atoms with van der Waals surface area (Å²) in [5.41, 5.74) is 0.457. The second kappa shape index (κ2) is 5.38. The lowest BCUT2D eigenvalue weighted by Crippen LogP contribution is -2.37. The van der Waals surface area contributed by atoms with Crippen molar-refractivity contribution in [3.05, 3.63) is 35.9 Å². The van der Waals surface area contributed by atoms with Gasteiger partial charge in [-0.3, -0.25) is 0 Å². The van der Waals surface area contributed by atoms with Crippen LogP contribution in [0.4, 0.5) is 0 Å². The van der Waals surface area contributed by atoms with Gasteiger partial charge in [0.15, 0.2) is 12.1 Å². The molecule has 2 aliphatic heterocycles. The Balaban J connectivity index is 1.55. The second-order valence-corrected chi connectivity index (χ2v) is 5.60. The molecule has 1 N–H and O–H groups in total. The molecule has 2 heterocycles. The molecule has 0 spiro atoms. The minimum Gasteiger partial charge on any atom is -0.459 e. The third-order valence-corrected chi connectivity index (χ3v) is 3.50. The molecule has 3 rings (SSSR count). The van der Waals surface area contributed by atoms with Crippen molar-refractivity contribution < 1.29 is 28.8 Å². The zero-order valence-electron chi connectivity index (χ0n) is 11.9. The molecule has 2 saturated heterocycles. The van der Waals surface area contributed by atoms with E-state index in [0.717, 1.165) is 0 Å².